The summed E-state index contributed by atoms with van der Waals surface area (Å²) in [5.74, 6) is 1.44. The Kier molecular flexibility index (Phi) is 6.90. The third kappa shape index (κ3) is 4.82. The molecule has 1 aromatic heterocycles. The molecule has 3 aromatic rings. The number of hydrogen-bond donors (Lipinski definition) is 1. The van der Waals surface area contributed by atoms with Gasteiger partial charge in [0, 0.05) is 29.9 Å². The standard InChI is InChI=1S/C22H24N2O3S/c1-15-20(16(2)27-24-15)14-28-21-11-7-6-10-19(21)22(25)23-12-17-8-4-5-9-18(17)13-26-3/h4-11H,12-14H2,1-3H3,(H,23,25). The maximum Gasteiger partial charge on any atom is 0.252 e. The van der Waals surface area contributed by atoms with Gasteiger partial charge in [-0.15, -0.1) is 11.8 Å². The van der Waals surface area contributed by atoms with Crippen LogP contribution in [0.2, 0.25) is 0 Å². The number of carbonyl (C=O) groups is 1. The van der Waals surface area contributed by atoms with Crippen LogP contribution >= 0.6 is 11.8 Å². The van der Waals surface area contributed by atoms with E-state index in [1.54, 1.807) is 18.9 Å². The van der Waals surface area contributed by atoms with Crippen LogP contribution in [-0.4, -0.2) is 18.2 Å². The summed E-state index contributed by atoms with van der Waals surface area (Å²) in [6.07, 6.45) is 0. The molecule has 0 unspecified atom stereocenters. The number of amides is 1. The summed E-state index contributed by atoms with van der Waals surface area (Å²) in [5.41, 5.74) is 4.77. The number of nitrogens with one attached hydrogen (secondary N) is 1. The molecule has 2 aromatic carbocycles. The Bertz CT molecular complexity index is 933. The van der Waals surface area contributed by atoms with E-state index < -0.39 is 0 Å². The predicted octanol–water partition coefficient (Wildman–Crippen LogP) is 4.66. The van der Waals surface area contributed by atoms with Crippen molar-refractivity contribution in [2.75, 3.05) is 7.11 Å². The van der Waals surface area contributed by atoms with E-state index in [2.05, 4.69) is 10.5 Å². The highest BCUT2D eigenvalue weighted by Crippen LogP contribution is 2.28. The van der Waals surface area contributed by atoms with E-state index in [1.807, 2.05) is 62.4 Å². The molecule has 3 rings (SSSR count). The summed E-state index contributed by atoms with van der Waals surface area (Å²) >= 11 is 1.61. The highest BCUT2D eigenvalue weighted by Gasteiger charge is 2.14. The molecular weight excluding hydrogens is 372 g/mol. The lowest BCUT2D eigenvalue weighted by Crippen LogP contribution is -2.24. The minimum atomic E-state index is -0.0888. The second-order valence-corrected chi connectivity index (χ2v) is 7.49. The molecule has 5 nitrogen and oxygen atoms in total. The molecule has 0 atom stereocenters. The van der Waals surface area contributed by atoms with E-state index >= 15 is 0 Å². The van der Waals surface area contributed by atoms with Crippen LogP contribution in [0.1, 0.15) is 38.5 Å². The number of carbonyl (C=O) groups excluding carboxylic acids is 1. The maximum absolute atomic E-state index is 12.8. The fraction of sp³-hybridized carbons (Fsp3) is 0.273. The Labute approximate surface area is 169 Å². The van der Waals surface area contributed by atoms with Gasteiger partial charge in [-0.2, -0.15) is 0 Å². The van der Waals surface area contributed by atoms with E-state index in [0.717, 1.165) is 33.0 Å². The maximum atomic E-state index is 12.8. The molecule has 0 aliphatic carbocycles. The first kappa shape index (κ1) is 20.2. The summed E-state index contributed by atoms with van der Waals surface area (Å²) in [6, 6.07) is 15.6. The normalized spacial score (nSPS) is 10.8. The summed E-state index contributed by atoms with van der Waals surface area (Å²) in [6.45, 7) is 4.82. The van der Waals surface area contributed by atoms with Crippen molar-refractivity contribution < 1.29 is 14.1 Å². The molecule has 28 heavy (non-hydrogen) atoms. The van der Waals surface area contributed by atoms with Gasteiger partial charge in [-0.25, -0.2) is 0 Å². The Morgan fingerprint density at radius 3 is 2.54 bits per heavy atom. The lowest BCUT2D eigenvalue weighted by molar-refractivity contribution is 0.0947. The second-order valence-electron chi connectivity index (χ2n) is 6.47. The van der Waals surface area contributed by atoms with Gasteiger partial charge in [-0.3, -0.25) is 4.79 Å². The van der Waals surface area contributed by atoms with E-state index in [9.17, 15) is 4.79 Å². The number of aromatic nitrogens is 1. The summed E-state index contributed by atoms with van der Waals surface area (Å²) in [4.78, 5) is 13.8. The van der Waals surface area contributed by atoms with Crippen LogP contribution in [0.5, 0.6) is 0 Å². The van der Waals surface area contributed by atoms with Crippen LogP contribution in [-0.2, 0) is 23.6 Å². The third-order valence-electron chi connectivity index (χ3n) is 4.54. The molecule has 146 valence electrons. The summed E-state index contributed by atoms with van der Waals surface area (Å²) in [7, 11) is 1.67. The van der Waals surface area contributed by atoms with Crippen LogP contribution in [0.3, 0.4) is 0 Å². The molecule has 0 bridgehead atoms. The van der Waals surface area contributed by atoms with E-state index in [0.29, 0.717) is 24.5 Å². The zero-order valence-electron chi connectivity index (χ0n) is 16.3. The van der Waals surface area contributed by atoms with E-state index in [-0.39, 0.29) is 5.91 Å². The Morgan fingerprint density at radius 2 is 1.82 bits per heavy atom. The SMILES string of the molecule is COCc1ccccc1CNC(=O)c1ccccc1SCc1c(C)noc1C. The molecule has 0 radical (unpaired) electrons. The van der Waals surface area contributed by atoms with Crippen LogP contribution < -0.4 is 5.32 Å². The van der Waals surface area contributed by atoms with Crippen molar-refractivity contribution in [2.24, 2.45) is 0 Å². The van der Waals surface area contributed by atoms with E-state index in [4.69, 9.17) is 9.26 Å². The molecule has 0 aliphatic rings. The predicted molar refractivity (Wildman–Crippen MR) is 110 cm³/mol. The zero-order valence-corrected chi connectivity index (χ0v) is 17.1. The van der Waals surface area contributed by atoms with Crippen molar-refractivity contribution >= 4 is 17.7 Å². The Hall–Kier alpha value is -2.57. The largest absolute Gasteiger partial charge is 0.380 e. The first-order valence-electron chi connectivity index (χ1n) is 9.07. The lowest BCUT2D eigenvalue weighted by Gasteiger charge is -2.12. The fourth-order valence-electron chi connectivity index (χ4n) is 2.93. The second kappa shape index (κ2) is 9.57. The summed E-state index contributed by atoms with van der Waals surface area (Å²) < 4.78 is 10.5. The van der Waals surface area contributed by atoms with Gasteiger partial charge >= 0.3 is 0 Å². The van der Waals surface area contributed by atoms with Gasteiger partial charge in [0.1, 0.15) is 5.76 Å². The van der Waals surface area contributed by atoms with Crippen LogP contribution in [0, 0.1) is 13.8 Å². The number of ether oxygens (including phenoxy) is 1. The van der Waals surface area contributed by atoms with Gasteiger partial charge in [0.2, 0.25) is 0 Å². The highest BCUT2D eigenvalue weighted by molar-refractivity contribution is 7.98. The van der Waals surface area contributed by atoms with Crippen LogP contribution in [0.15, 0.2) is 57.9 Å². The molecule has 0 aliphatic heterocycles. The fourth-order valence-corrected chi connectivity index (χ4v) is 4.14. The van der Waals surface area contributed by atoms with E-state index in [1.165, 1.54) is 0 Å². The average molecular weight is 397 g/mol. The molecule has 0 spiro atoms. The highest BCUT2D eigenvalue weighted by atomic mass is 32.2. The van der Waals surface area contributed by atoms with Crippen molar-refractivity contribution in [3.63, 3.8) is 0 Å². The first-order chi connectivity index (χ1) is 13.6. The third-order valence-corrected chi connectivity index (χ3v) is 5.64. The average Bonchev–Trinajstić information content (AvgIpc) is 3.03. The molecule has 1 N–H and O–H groups in total. The molecule has 0 fully saturated rings. The number of nitrogens with zero attached hydrogens (tertiary/aromatic N) is 1. The number of thioether (sulfide) groups is 1. The van der Waals surface area contributed by atoms with Gasteiger partial charge < -0.3 is 14.6 Å². The molecule has 6 heteroatoms. The quantitative estimate of drug-likeness (QED) is 0.561. The van der Waals surface area contributed by atoms with Gasteiger partial charge in [0.15, 0.2) is 0 Å². The number of hydrogen-bond acceptors (Lipinski definition) is 5. The van der Waals surface area contributed by atoms with Crippen molar-refractivity contribution in [3.05, 3.63) is 82.2 Å². The minimum Gasteiger partial charge on any atom is -0.380 e. The van der Waals surface area contributed by atoms with Crippen molar-refractivity contribution in [3.8, 4) is 0 Å². The van der Waals surface area contributed by atoms with Gasteiger partial charge in [-0.05, 0) is 37.1 Å². The van der Waals surface area contributed by atoms with Crippen molar-refractivity contribution in [1.82, 2.24) is 10.5 Å². The van der Waals surface area contributed by atoms with Crippen LogP contribution in [0.25, 0.3) is 0 Å². The smallest absolute Gasteiger partial charge is 0.252 e. The molecule has 1 amide bonds. The lowest BCUT2D eigenvalue weighted by atomic mass is 10.1. The minimum absolute atomic E-state index is 0.0888. The molecule has 0 saturated carbocycles. The number of benzene rings is 2. The van der Waals surface area contributed by atoms with Crippen molar-refractivity contribution in [2.45, 2.75) is 37.6 Å². The number of aryl methyl sites for hydroxylation is 2. The number of methoxy groups -OCH3 is 1. The molecule has 1 heterocycles. The monoisotopic (exact) mass is 396 g/mol. The van der Waals surface area contributed by atoms with Gasteiger partial charge in [0.05, 0.1) is 17.9 Å². The summed E-state index contributed by atoms with van der Waals surface area (Å²) in [5, 5.41) is 7.03. The Balaban J connectivity index is 1.69. The van der Waals surface area contributed by atoms with Crippen LogP contribution in [0.4, 0.5) is 0 Å². The zero-order chi connectivity index (χ0) is 19.9. The van der Waals surface area contributed by atoms with Gasteiger partial charge in [-0.1, -0.05) is 41.6 Å². The van der Waals surface area contributed by atoms with Crippen molar-refractivity contribution in [1.29, 1.82) is 0 Å². The first-order valence-corrected chi connectivity index (χ1v) is 10.1. The number of rotatable bonds is 8. The van der Waals surface area contributed by atoms with Gasteiger partial charge in [0.25, 0.3) is 5.91 Å². The molecular formula is C22H24N2O3S. The Morgan fingerprint density at radius 1 is 1.11 bits per heavy atom. The molecule has 0 saturated heterocycles. The topological polar surface area (TPSA) is 64.4 Å².